The topological polar surface area (TPSA) is 36.1 Å². The number of carbonyl (C=O) groups is 1. The van der Waals surface area contributed by atoms with E-state index in [1.54, 1.807) is 6.92 Å². The van der Waals surface area contributed by atoms with Crippen LogP contribution >= 0.6 is 15.9 Å². The zero-order valence-corrected chi connectivity index (χ0v) is 14.4. The van der Waals surface area contributed by atoms with Gasteiger partial charge in [-0.25, -0.2) is 0 Å². The minimum absolute atomic E-state index is 0.0545. The molecule has 1 atom stereocenters. The number of rotatable bonds is 1. The molecule has 2 aromatic carbocycles. The lowest BCUT2D eigenvalue weighted by molar-refractivity contribution is -0.130. The van der Waals surface area contributed by atoms with Gasteiger partial charge in [-0.1, -0.05) is 46.3 Å². The molecule has 0 unspecified atom stereocenters. The molecule has 0 saturated carbocycles. The summed E-state index contributed by atoms with van der Waals surface area (Å²) in [5, 5.41) is 1.27. The van der Waals surface area contributed by atoms with Gasteiger partial charge in [0.25, 0.3) is 0 Å². The number of fused-ring (bicyclic) bond motifs is 3. The third-order valence-corrected chi connectivity index (χ3v) is 5.10. The summed E-state index contributed by atoms with van der Waals surface area (Å²) in [7, 11) is 0. The van der Waals surface area contributed by atoms with Gasteiger partial charge in [0.15, 0.2) is 0 Å². The third-order valence-electron chi connectivity index (χ3n) is 4.60. The first-order valence-electron chi connectivity index (χ1n) is 7.77. The molecule has 1 N–H and O–H groups in total. The second kappa shape index (κ2) is 5.53. The molecule has 0 aliphatic carbocycles. The number of amides is 1. The SMILES string of the molecule is CC(=O)N1CCc2c([nH]c3ccccc23)[C@H]1c1cccc(Br)c1. The van der Waals surface area contributed by atoms with E-state index in [0.29, 0.717) is 0 Å². The highest BCUT2D eigenvalue weighted by Crippen LogP contribution is 2.38. The van der Waals surface area contributed by atoms with Crippen LogP contribution in [0.3, 0.4) is 0 Å². The lowest BCUT2D eigenvalue weighted by Gasteiger charge is -2.35. The fraction of sp³-hybridized carbons (Fsp3) is 0.211. The van der Waals surface area contributed by atoms with Crippen molar-refractivity contribution in [2.75, 3.05) is 6.54 Å². The second-order valence-electron chi connectivity index (χ2n) is 5.98. The predicted octanol–water partition coefficient (Wildman–Crippen LogP) is 4.42. The average Bonchev–Trinajstić information content (AvgIpc) is 2.92. The fourth-order valence-electron chi connectivity index (χ4n) is 3.60. The van der Waals surface area contributed by atoms with Gasteiger partial charge >= 0.3 is 0 Å². The Bertz CT molecular complexity index is 899. The number of aromatic nitrogens is 1. The molecule has 3 aromatic rings. The van der Waals surface area contributed by atoms with E-state index in [2.05, 4.69) is 51.2 Å². The maximum absolute atomic E-state index is 12.2. The first-order chi connectivity index (χ1) is 11.1. The van der Waals surface area contributed by atoms with Crippen molar-refractivity contribution in [2.45, 2.75) is 19.4 Å². The van der Waals surface area contributed by atoms with Crippen molar-refractivity contribution in [3.8, 4) is 0 Å². The molecule has 1 aliphatic rings. The van der Waals surface area contributed by atoms with Gasteiger partial charge in [0.1, 0.15) is 0 Å². The van der Waals surface area contributed by atoms with Crippen molar-refractivity contribution in [1.29, 1.82) is 0 Å². The number of hydrogen-bond donors (Lipinski definition) is 1. The zero-order valence-electron chi connectivity index (χ0n) is 12.8. The van der Waals surface area contributed by atoms with Crippen LogP contribution in [0.4, 0.5) is 0 Å². The van der Waals surface area contributed by atoms with Gasteiger partial charge in [0.05, 0.1) is 6.04 Å². The molecule has 23 heavy (non-hydrogen) atoms. The van der Waals surface area contributed by atoms with Gasteiger partial charge in [-0.05, 0) is 35.7 Å². The van der Waals surface area contributed by atoms with Gasteiger partial charge in [0, 0.05) is 34.5 Å². The average molecular weight is 369 g/mol. The molecule has 1 amide bonds. The molecule has 0 radical (unpaired) electrons. The molecular weight excluding hydrogens is 352 g/mol. The molecule has 0 fully saturated rings. The van der Waals surface area contributed by atoms with E-state index < -0.39 is 0 Å². The van der Waals surface area contributed by atoms with Crippen LogP contribution in [0.25, 0.3) is 10.9 Å². The van der Waals surface area contributed by atoms with E-state index in [0.717, 1.165) is 34.2 Å². The van der Waals surface area contributed by atoms with Crippen molar-refractivity contribution in [1.82, 2.24) is 9.88 Å². The van der Waals surface area contributed by atoms with Crippen LogP contribution in [0, 0.1) is 0 Å². The molecule has 2 heterocycles. The largest absolute Gasteiger partial charge is 0.356 e. The molecule has 1 aromatic heterocycles. The number of hydrogen-bond acceptors (Lipinski definition) is 1. The molecule has 4 rings (SSSR count). The van der Waals surface area contributed by atoms with Crippen molar-refractivity contribution in [2.24, 2.45) is 0 Å². The highest BCUT2D eigenvalue weighted by atomic mass is 79.9. The summed E-state index contributed by atoms with van der Waals surface area (Å²) in [5.74, 6) is 0.110. The Balaban J connectivity index is 1.95. The Kier molecular flexibility index (Phi) is 3.49. The Morgan fingerprint density at radius 2 is 2.04 bits per heavy atom. The third kappa shape index (κ3) is 2.38. The Morgan fingerprint density at radius 1 is 1.22 bits per heavy atom. The first-order valence-corrected chi connectivity index (χ1v) is 8.56. The maximum Gasteiger partial charge on any atom is 0.220 e. The number of nitrogens with one attached hydrogen (secondary N) is 1. The lowest BCUT2D eigenvalue weighted by atomic mass is 9.92. The van der Waals surface area contributed by atoms with Crippen molar-refractivity contribution < 1.29 is 4.79 Å². The molecule has 4 heteroatoms. The Labute approximate surface area is 143 Å². The smallest absolute Gasteiger partial charge is 0.220 e. The summed E-state index contributed by atoms with van der Waals surface area (Å²) in [5.41, 5.74) is 4.75. The van der Waals surface area contributed by atoms with Gasteiger partial charge in [-0.15, -0.1) is 0 Å². The van der Waals surface area contributed by atoms with Gasteiger partial charge in [-0.3, -0.25) is 4.79 Å². The number of para-hydroxylation sites is 1. The van der Waals surface area contributed by atoms with Crippen molar-refractivity contribution in [3.05, 3.63) is 69.8 Å². The maximum atomic E-state index is 12.2. The first kappa shape index (κ1) is 14.5. The summed E-state index contributed by atoms with van der Waals surface area (Å²) in [6.07, 6.45) is 0.892. The van der Waals surface area contributed by atoms with Gasteiger partial charge < -0.3 is 9.88 Å². The molecule has 1 aliphatic heterocycles. The summed E-state index contributed by atoms with van der Waals surface area (Å²) in [6, 6.07) is 16.5. The van der Waals surface area contributed by atoms with E-state index in [4.69, 9.17) is 0 Å². The highest BCUT2D eigenvalue weighted by molar-refractivity contribution is 9.10. The quantitative estimate of drug-likeness (QED) is 0.677. The van der Waals surface area contributed by atoms with E-state index in [1.165, 1.54) is 10.9 Å². The zero-order chi connectivity index (χ0) is 16.0. The van der Waals surface area contributed by atoms with Gasteiger partial charge in [0.2, 0.25) is 5.91 Å². The Hall–Kier alpha value is -2.07. The number of H-pyrrole nitrogens is 1. The molecular formula is C19H17BrN2O. The molecule has 0 saturated heterocycles. The van der Waals surface area contributed by atoms with E-state index >= 15 is 0 Å². The standard InChI is InChI=1S/C19H17BrN2O/c1-12(23)22-10-9-16-15-7-2-3-8-17(15)21-18(16)19(22)13-5-4-6-14(20)11-13/h2-8,11,19,21H,9-10H2,1H3/t19-/m1/s1. The number of nitrogens with zero attached hydrogens (tertiary/aromatic N) is 1. The summed E-state index contributed by atoms with van der Waals surface area (Å²) in [4.78, 5) is 17.7. The Morgan fingerprint density at radius 3 is 2.83 bits per heavy atom. The van der Waals surface area contributed by atoms with E-state index in [9.17, 15) is 4.79 Å². The van der Waals surface area contributed by atoms with Crippen LogP contribution in [0.15, 0.2) is 53.0 Å². The summed E-state index contributed by atoms with van der Waals surface area (Å²) < 4.78 is 1.03. The number of benzene rings is 2. The summed E-state index contributed by atoms with van der Waals surface area (Å²) >= 11 is 3.55. The predicted molar refractivity (Wildman–Crippen MR) is 95.4 cm³/mol. The number of halogens is 1. The van der Waals surface area contributed by atoms with Crippen LogP contribution in [-0.2, 0) is 11.2 Å². The molecule has 0 spiro atoms. The van der Waals surface area contributed by atoms with Crippen molar-refractivity contribution in [3.63, 3.8) is 0 Å². The summed E-state index contributed by atoms with van der Waals surface area (Å²) in [6.45, 7) is 2.40. The number of carbonyl (C=O) groups excluding carboxylic acids is 1. The molecule has 116 valence electrons. The second-order valence-corrected chi connectivity index (χ2v) is 6.90. The normalized spacial score (nSPS) is 17.3. The lowest BCUT2D eigenvalue weighted by Crippen LogP contribution is -2.39. The van der Waals surface area contributed by atoms with Crippen LogP contribution in [0.5, 0.6) is 0 Å². The van der Waals surface area contributed by atoms with E-state index in [1.807, 2.05) is 23.1 Å². The van der Waals surface area contributed by atoms with E-state index in [-0.39, 0.29) is 11.9 Å². The van der Waals surface area contributed by atoms with Crippen LogP contribution in [-0.4, -0.2) is 22.3 Å². The monoisotopic (exact) mass is 368 g/mol. The molecule has 3 nitrogen and oxygen atoms in total. The van der Waals surface area contributed by atoms with Crippen LogP contribution < -0.4 is 0 Å². The minimum Gasteiger partial charge on any atom is -0.356 e. The van der Waals surface area contributed by atoms with Crippen LogP contribution in [0.2, 0.25) is 0 Å². The highest BCUT2D eigenvalue weighted by Gasteiger charge is 2.32. The van der Waals surface area contributed by atoms with Crippen LogP contribution in [0.1, 0.15) is 29.8 Å². The minimum atomic E-state index is -0.0545. The van der Waals surface area contributed by atoms with Crippen molar-refractivity contribution >= 4 is 32.7 Å². The fourth-order valence-corrected chi connectivity index (χ4v) is 4.02. The number of aromatic amines is 1. The van der Waals surface area contributed by atoms with Gasteiger partial charge in [-0.2, -0.15) is 0 Å². The molecule has 0 bridgehead atoms.